The average Bonchev–Trinajstić information content (AvgIpc) is 3.00. The van der Waals surface area contributed by atoms with E-state index in [1.807, 2.05) is 24.3 Å². The summed E-state index contributed by atoms with van der Waals surface area (Å²) in [6, 6.07) is 10.3. The smallest absolute Gasteiger partial charge is 0.0923 e. The Kier molecular flexibility index (Phi) is 2.87. The molecule has 88 valence electrons. The molecule has 2 heterocycles. The van der Waals surface area contributed by atoms with E-state index in [0.717, 1.165) is 35.8 Å². The lowest BCUT2D eigenvalue weighted by molar-refractivity contribution is 0.492. The van der Waals surface area contributed by atoms with Crippen molar-refractivity contribution >= 4 is 11.6 Å². The monoisotopic (exact) mass is 247 g/mol. The van der Waals surface area contributed by atoms with Gasteiger partial charge >= 0.3 is 0 Å². The molecule has 4 heteroatoms. The van der Waals surface area contributed by atoms with Crippen molar-refractivity contribution in [3.05, 3.63) is 41.6 Å². The maximum Gasteiger partial charge on any atom is 0.0923 e. The summed E-state index contributed by atoms with van der Waals surface area (Å²) in [6.07, 6.45) is 3.21. The van der Waals surface area contributed by atoms with Crippen LogP contribution in [-0.2, 0) is 0 Å². The number of hydrogen-bond acceptors (Lipinski definition) is 2. The first-order chi connectivity index (χ1) is 8.33. The second-order valence-electron chi connectivity index (χ2n) is 4.33. The Labute approximate surface area is 105 Å². The molecule has 0 aliphatic carbocycles. The Morgan fingerprint density at radius 3 is 2.76 bits per heavy atom. The summed E-state index contributed by atoms with van der Waals surface area (Å²) in [4.78, 5) is 0. The largest absolute Gasteiger partial charge is 0.315 e. The molecule has 1 aromatic heterocycles. The Bertz CT molecular complexity index is 498. The SMILES string of the molecule is Clc1ccc(-c2ccn([C@@H]3CCNC3)n2)cc1. The Morgan fingerprint density at radius 2 is 2.06 bits per heavy atom. The van der Waals surface area contributed by atoms with Crippen molar-refractivity contribution in [2.24, 2.45) is 0 Å². The molecule has 1 atom stereocenters. The van der Waals surface area contributed by atoms with Crippen LogP contribution in [0.25, 0.3) is 11.3 Å². The molecule has 0 unspecified atom stereocenters. The third kappa shape index (κ3) is 2.21. The second-order valence-corrected chi connectivity index (χ2v) is 4.77. The molecule has 0 radical (unpaired) electrons. The predicted molar refractivity (Wildman–Crippen MR) is 69.2 cm³/mol. The van der Waals surface area contributed by atoms with Crippen LogP contribution in [0.15, 0.2) is 36.5 Å². The van der Waals surface area contributed by atoms with Crippen molar-refractivity contribution in [1.82, 2.24) is 15.1 Å². The second kappa shape index (κ2) is 4.51. The summed E-state index contributed by atoms with van der Waals surface area (Å²) in [7, 11) is 0. The molecule has 0 spiro atoms. The predicted octanol–water partition coefficient (Wildman–Crippen LogP) is 2.74. The summed E-state index contributed by atoms with van der Waals surface area (Å²) in [5.74, 6) is 0. The van der Waals surface area contributed by atoms with E-state index in [1.165, 1.54) is 0 Å². The van der Waals surface area contributed by atoms with Gasteiger partial charge < -0.3 is 5.32 Å². The van der Waals surface area contributed by atoms with Crippen molar-refractivity contribution < 1.29 is 0 Å². The highest BCUT2D eigenvalue weighted by Crippen LogP contribution is 2.22. The first-order valence-electron chi connectivity index (χ1n) is 5.85. The van der Waals surface area contributed by atoms with Crippen LogP contribution in [0, 0.1) is 0 Å². The van der Waals surface area contributed by atoms with Gasteiger partial charge in [0.05, 0.1) is 11.7 Å². The lowest BCUT2D eigenvalue weighted by Gasteiger charge is -2.08. The van der Waals surface area contributed by atoms with Crippen molar-refractivity contribution in [2.75, 3.05) is 13.1 Å². The van der Waals surface area contributed by atoms with Crippen LogP contribution in [0.5, 0.6) is 0 Å². The first-order valence-corrected chi connectivity index (χ1v) is 6.22. The molecule has 0 saturated carbocycles. The van der Waals surface area contributed by atoms with Crippen LogP contribution in [-0.4, -0.2) is 22.9 Å². The Hall–Kier alpha value is -1.32. The van der Waals surface area contributed by atoms with E-state index in [4.69, 9.17) is 11.6 Å². The molecule has 1 aromatic carbocycles. The van der Waals surface area contributed by atoms with E-state index in [9.17, 15) is 0 Å². The van der Waals surface area contributed by atoms with Gasteiger partial charge in [-0.15, -0.1) is 0 Å². The zero-order chi connectivity index (χ0) is 11.7. The van der Waals surface area contributed by atoms with Crippen LogP contribution >= 0.6 is 11.6 Å². The van der Waals surface area contributed by atoms with Crippen molar-refractivity contribution in [3.63, 3.8) is 0 Å². The lowest BCUT2D eigenvalue weighted by atomic mass is 10.2. The Morgan fingerprint density at radius 1 is 1.24 bits per heavy atom. The fraction of sp³-hybridized carbons (Fsp3) is 0.308. The number of aromatic nitrogens is 2. The summed E-state index contributed by atoms with van der Waals surface area (Å²) in [5, 5.41) is 8.73. The Balaban J connectivity index is 1.86. The van der Waals surface area contributed by atoms with Crippen LogP contribution in [0.4, 0.5) is 0 Å². The molecule has 3 rings (SSSR count). The van der Waals surface area contributed by atoms with Crippen LogP contribution in [0.2, 0.25) is 5.02 Å². The van der Waals surface area contributed by atoms with E-state index in [0.29, 0.717) is 6.04 Å². The van der Waals surface area contributed by atoms with Gasteiger partial charge in [0.15, 0.2) is 0 Å². The van der Waals surface area contributed by atoms with Crippen molar-refractivity contribution in [2.45, 2.75) is 12.5 Å². The van der Waals surface area contributed by atoms with Gasteiger partial charge in [-0.25, -0.2) is 0 Å². The summed E-state index contributed by atoms with van der Waals surface area (Å²) >= 11 is 5.87. The fourth-order valence-corrected chi connectivity index (χ4v) is 2.31. The van der Waals surface area contributed by atoms with Gasteiger partial charge in [0.2, 0.25) is 0 Å². The number of benzene rings is 1. The molecule has 0 bridgehead atoms. The highest BCUT2D eigenvalue weighted by atomic mass is 35.5. The van der Waals surface area contributed by atoms with Gasteiger partial charge in [-0.05, 0) is 31.2 Å². The highest BCUT2D eigenvalue weighted by molar-refractivity contribution is 6.30. The molecule has 1 fully saturated rings. The van der Waals surface area contributed by atoms with Crippen molar-refractivity contribution in [3.8, 4) is 11.3 Å². The molecule has 3 nitrogen and oxygen atoms in total. The minimum atomic E-state index is 0.496. The normalized spacial score (nSPS) is 19.7. The van der Waals surface area contributed by atoms with E-state index >= 15 is 0 Å². The third-order valence-corrected chi connectivity index (χ3v) is 3.41. The molecule has 2 aromatic rings. The van der Waals surface area contributed by atoms with Gasteiger partial charge in [0.1, 0.15) is 0 Å². The average molecular weight is 248 g/mol. The molecule has 1 aliphatic rings. The topological polar surface area (TPSA) is 29.9 Å². The van der Waals surface area contributed by atoms with Gasteiger partial charge in [0, 0.05) is 23.3 Å². The van der Waals surface area contributed by atoms with Gasteiger partial charge in [0.25, 0.3) is 0 Å². The van der Waals surface area contributed by atoms with E-state index in [1.54, 1.807) is 0 Å². The van der Waals surface area contributed by atoms with Crippen LogP contribution < -0.4 is 5.32 Å². The zero-order valence-electron chi connectivity index (χ0n) is 9.44. The van der Waals surface area contributed by atoms with E-state index in [2.05, 4.69) is 27.4 Å². The number of hydrogen-bond donors (Lipinski definition) is 1. The number of nitrogens with one attached hydrogen (secondary N) is 1. The summed E-state index contributed by atoms with van der Waals surface area (Å²) < 4.78 is 2.06. The first kappa shape index (κ1) is 10.8. The van der Waals surface area contributed by atoms with E-state index in [-0.39, 0.29) is 0 Å². The number of rotatable bonds is 2. The maximum absolute atomic E-state index is 5.87. The molecular weight excluding hydrogens is 234 g/mol. The lowest BCUT2D eigenvalue weighted by Crippen LogP contribution is -2.13. The van der Waals surface area contributed by atoms with E-state index < -0.39 is 0 Å². The third-order valence-electron chi connectivity index (χ3n) is 3.16. The van der Waals surface area contributed by atoms with Crippen LogP contribution in [0.3, 0.4) is 0 Å². The van der Waals surface area contributed by atoms with Crippen molar-refractivity contribution in [1.29, 1.82) is 0 Å². The summed E-state index contributed by atoms with van der Waals surface area (Å²) in [5.41, 5.74) is 2.12. The maximum atomic E-state index is 5.87. The molecule has 1 aliphatic heterocycles. The fourth-order valence-electron chi connectivity index (χ4n) is 2.18. The highest BCUT2D eigenvalue weighted by Gasteiger charge is 2.17. The zero-order valence-corrected chi connectivity index (χ0v) is 10.2. The van der Waals surface area contributed by atoms with Gasteiger partial charge in [-0.3, -0.25) is 4.68 Å². The number of halogens is 1. The standard InChI is InChI=1S/C13H14ClN3/c14-11-3-1-10(2-4-11)13-6-8-17(16-13)12-5-7-15-9-12/h1-4,6,8,12,15H,5,7,9H2/t12-/m1/s1. The molecule has 1 saturated heterocycles. The summed E-state index contributed by atoms with van der Waals surface area (Å²) in [6.45, 7) is 2.10. The minimum Gasteiger partial charge on any atom is -0.315 e. The molecular formula is C13H14ClN3. The number of nitrogens with zero attached hydrogens (tertiary/aromatic N) is 2. The van der Waals surface area contributed by atoms with Crippen LogP contribution in [0.1, 0.15) is 12.5 Å². The minimum absolute atomic E-state index is 0.496. The molecule has 0 amide bonds. The molecule has 17 heavy (non-hydrogen) atoms. The van der Waals surface area contributed by atoms with Gasteiger partial charge in [-0.2, -0.15) is 5.10 Å². The van der Waals surface area contributed by atoms with Gasteiger partial charge in [-0.1, -0.05) is 23.7 Å². The quantitative estimate of drug-likeness (QED) is 0.885. The molecule has 1 N–H and O–H groups in total.